The van der Waals surface area contributed by atoms with Gasteiger partial charge in [-0.3, -0.25) is 5.10 Å². The zero-order valence-corrected chi connectivity index (χ0v) is 7.56. The van der Waals surface area contributed by atoms with Crippen LogP contribution >= 0.6 is 11.5 Å². The van der Waals surface area contributed by atoms with Crippen LogP contribution in [0.25, 0.3) is 22.4 Å². The van der Waals surface area contributed by atoms with Crippen molar-refractivity contribution in [2.45, 2.75) is 0 Å². The molecule has 1 N–H and O–H groups in total. The zero-order chi connectivity index (χ0) is 9.38. The summed E-state index contributed by atoms with van der Waals surface area (Å²) in [5, 5.41) is 23.7. The maximum Gasteiger partial charge on any atom is 0.143 e. The third-order valence-electron chi connectivity index (χ3n) is 1.76. The first-order valence-electron chi connectivity index (χ1n) is 3.75. The molecule has 0 atom stereocenters. The van der Waals surface area contributed by atoms with Crippen molar-refractivity contribution in [3.63, 3.8) is 0 Å². The van der Waals surface area contributed by atoms with E-state index in [1.54, 1.807) is 11.6 Å². The van der Waals surface area contributed by atoms with Crippen molar-refractivity contribution in [1.29, 1.82) is 0 Å². The molecular weight excluding hydrogens is 202 g/mol. The minimum atomic E-state index is 0.626. The first kappa shape index (κ1) is 7.44. The molecule has 8 heteroatoms. The van der Waals surface area contributed by atoms with Gasteiger partial charge in [0, 0.05) is 5.38 Å². The van der Waals surface area contributed by atoms with Crippen LogP contribution in [0.1, 0.15) is 0 Å². The smallest absolute Gasteiger partial charge is 0.143 e. The number of hydrogen-bond donors (Lipinski definition) is 1. The Balaban J connectivity index is 2.36. The van der Waals surface area contributed by atoms with Crippen molar-refractivity contribution >= 4 is 22.6 Å². The van der Waals surface area contributed by atoms with Crippen LogP contribution in [0.3, 0.4) is 0 Å². The van der Waals surface area contributed by atoms with Crippen LogP contribution in [0, 0.1) is 0 Å². The van der Waals surface area contributed by atoms with Crippen molar-refractivity contribution in [2.24, 2.45) is 0 Å². The monoisotopic (exact) mass is 205 g/mol. The average Bonchev–Trinajstić information content (AvgIpc) is 2.88. The second-order valence-electron chi connectivity index (χ2n) is 2.56. The van der Waals surface area contributed by atoms with Crippen LogP contribution in [0.15, 0.2) is 11.6 Å². The van der Waals surface area contributed by atoms with Gasteiger partial charge < -0.3 is 0 Å². The summed E-state index contributed by atoms with van der Waals surface area (Å²) in [6, 6.07) is 0. The maximum absolute atomic E-state index is 3.91. The first-order valence-corrected chi connectivity index (χ1v) is 4.58. The molecule has 68 valence electrons. The molecule has 3 aromatic heterocycles. The molecule has 14 heavy (non-hydrogen) atoms. The molecule has 0 saturated heterocycles. The Morgan fingerprint density at radius 2 is 2.21 bits per heavy atom. The van der Waals surface area contributed by atoms with Crippen molar-refractivity contribution in [3.05, 3.63) is 11.6 Å². The van der Waals surface area contributed by atoms with Crippen molar-refractivity contribution in [1.82, 2.24) is 35.2 Å². The molecule has 7 nitrogen and oxygen atoms in total. The van der Waals surface area contributed by atoms with E-state index >= 15 is 0 Å². The molecule has 0 aliphatic heterocycles. The number of aromatic nitrogens is 7. The van der Waals surface area contributed by atoms with Crippen molar-refractivity contribution < 1.29 is 0 Å². The summed E-state index contributed by atoms with van der Waals surface area (Å²) in [6.45, 7) is 0. The van der Waals surface area contributed by atoms with Crippen LogP contribution in [-0.4, -0.2) is 35.2 Å². The summed E-state index contributed by atoms with van der Waals surface area (Å²) >= 11 is 1.26. The van der Waals surface area contributed by atoms with Gasteiger partial charge in [-0.05, 0) is 16.7 Å². The van der Waals surface area contributed by atoms with Gasteiger partial charge in [-0.2, -0.15) is 5.10 Å². The number of H-pyrrole nitrogens is 1. The number of rotatable bonds is 1. The fourth-order valence-electron chi connectivity index (χ4n) is 1.14. The summed E-state index contributed by atoms with van der Waals surface area (Å²) in [5.41, 5.74) is 2.70. The Kier molecular flexibility index (Phi) is 1.47. The molecule has 0 bridgehead atoms. The molecule has 0 aliphatic rings. The van der Waals surface area contributed by atoms with E-state index in [1.807, 2.05) is 0 Å². The fourth-order valence-corrected chi connectivity index (χ4v) is 1.58. The number of nitrogens with one attached hydrogen (secondary N) is 1. The molecule has 0 fully saturated rings. The van der Waals surface area contributed by atoms with Crippen molar-refractivity contribution in [2.75, 3.05) is 0 Å². The van der Waals surface area contributed by atoms with E-state index in [1.165, 1.54) is 11.5 Å². The Hall–Kier alpha value is -1.96. The van der Waals surface area contributed by atoms with E-state index in [-0.39, 0.29) is 0 Å². The summed E-state index contributed by atoms with van der Waals surface area (Å²) in [6.07, 6.45) is 1.59. The van der Waals surface area contributed by atoms with E-state index in [0.29, 0.717) is 16.9 Å². The molecule has 3 aromatic rings. The van der Waals surface area contributed by atoms with E-state index in [4.69, 9.17) is 0 Å². The molecule has 0 aliphatic carbocycles. The quantitative estimate of drug-likeness (QED) is 0.612. The first-order chi connectivity index (χ1) is 6.95. The topological polar surface area (TPSA) is 93.1 Å². The van der Waals surface area contributed by atoms with E-state index in [2.05, 4.69) is 35.2 Å². The molecule has 3 rings (SSSR count). The lowest BCUT2D eigenvalue weighted by atomic mass is 10.3. The van der Waals surface area contributed by atoms with E-state index < -0.39 is 0 Å². The second-order valence-corrected chi connectivity index (χ2v) is 3.17. The standard InChI is InChI=1S/C6H3N7S/c1-3-5(10-7-1)6(11-12-8-3)4-2-14-13-9-4/h1-2H,(H,7,10). The fraction of sp³-hybridized carbons (Fsp3) is 0. The third-order valence-corrected chi connectivity index (χ3v) is 2.26. The Morgan fingerprint density at radius 1 is 1.21 bits per heavy atom. The summed E-state index contributed by atoms with van der Waals surface area (Å²) in [4.78, 5) is 0. The lowest BCUT2D eigenvalue weighted by Gasteiger charge is -1.92. The Bertz CT molecular complexity index is 556. The molecular formula is C6H3N7S. The van der Waals surface area contributed by atoms with Gasteiger partial charge in [-0.15, -0.1) is 15.3 Å². The van der Waals surface area contributed by atoms with Gasteiger partial charge in [0.15, 0.2) is 0 Å². The van der Waals surface area contributed by atoms with E-state index in [9.17, 15) is 0 Å². The summed E-state index contributed by atoms with van der Waals surface area (Å²) < 4.78 is 3.76. The highest BCUT2D eigenvalue weighted by Crippen LogP contribution is 2.20. The molecule has 0 saturated carbocycles. The Morgan fingerprint density at radius 3 is 3.07 bits per heavy atom. The van der Waals surface area contributed by atoms with Gasteiger partial charge >= 0.3 is 0 Å². The van der Waals surface area contributed by atoms with Gasteiger partial charge in [-0.1, -0.05) is 4.49 Å². The third kappa shape index (κ3) is 0.973. The van der Waals surface area contributed by atoms with E-state index in [0.717, 1.165) is 5.52 Å². The lowest BCUT2D eigenvalue weighted by molar-refractivity contribution is 0.896. The molecule has 0 unspecified atom stereocenters. The molecule has 0 aromatic carbocycles. The second kappa shape index (κ2) is 2.77. The van der Waals surface area contributed by atoms with Crippen LogP contribution < -0.4 is 0 Å². The van der Waals surface area contributed by atoms with Crippen LogP contribution in [-0.2, 0) is 0 Å². The van der Waals surface area contributed by atoms with Gasteiger partial charge in [0.25, 0.3) is 0 Å². The van der Waals surface area contributed by atoms with Crippen molar-refractivity contribution in [3.8, 4) is 11.4 Å². The lowest BCUT2D eigenvalue weighted by Crippen LogP contribution is -1.92. The molecule has 3 heterocycles. The number of fused-ring (bicyclic) bond motifs is 1. The summed E-state index contributed by atoms with van der Waals surface area (Å²) in [7, 11) is 0. The normalized spacial score (nSPS) is 10.9. The average molecular weight is 205 g/mol. The predicted octanol–water partition coefficient (Wildman–Crippen LogP) is 0.266. The van der Waals surface area contributed by atoms with Gasteiger partial charge in [0.1, 0.15) is 22.4 Å². The molecule has 0 spiro atoms. The summed E-state index contributed by atoms with van der Waals surface area (Å²) in [5.74, 6) is 0. The number of aromatic amines is 1. The number of nitrogens with zero attached hydrogens (tertiary/aromatic N) is 6. The highest BCUT2D eigenvalue weighted by molar-refractivity contribution is 7.03. The van der Waals surface area contributed by atoms with Gasteiger partial charge in [0.05, 0.1) is 6.20 Å². The minimum Gasteiger partial charge on any atom is -0.274 e. The van der Waals surface area contributed by atoms with Crippen LogP contribution in [0.5, 0.6) is 0 Å². The van der Waals surface area contributed by atoms with Gasteiger partial charge in [0.2, 0.25) is 0 Å². The van der Waals surface area contributed by atoms with Gasteiger partial charge in [-0.25, -0.2) is 0 Å². The minimum absolute atomic E-state index is 0.626. The Labute approximate surface area is 81.4 Å². The molecule has 0 radical (unpaired) electrons. The highest BCUT2D eigenvalue weighted by atomic mass is 32.1. The van der Waals surface area contributed by atoms with Crippen LogP contribution in [0.4, 0.5) is 0 Å². The highest BCUT2D eigenvalue weighted by Gasteiger charge is 2.10. The predicted molar refractivity (Wildman–Crippen MR) is 48.4 cm³/mol. The SMILES string of the molecule is c1snnc1-c1nnnc2cn[nH]c12. The molecule has 0 amide bonds. The van der Waals surface area contributed by atoms with Crippen LogP contribution in [0.2, 0.25) is 0 Å². The maximum atomic E-state index is 3.91. The largest absolute Gasteiger partial charge is 0.274 e. The zero-order valence-electron chi connectivity index (χ0n) is 6.75. The number of hydrogen-bond acceptors (Lipinski definition) is 7.